The molecule has 0 atom stereocenters. The van der Waals surface area contributed by atoms with Gasteiger partial charge in [0, 0.05) is 47.9 Å². The predicted molar refractivity (Wildman–Crippen MR) is 88.4 cm³/mol. The monoisotopic (exact) mass is 309 g/mol. The summed E-state index contributed by atoms with van der Waals surface area (Å²) >= 11 is 5.23. The van der Waals surface area contributed by atoms with Gasteiger partial charge in [-0.05, 0) is 18.2 Å². The number of nitrogens with one attached hydrogen (secondary N) is 2. The van der Waals surface area contributed by atoms with Crippen molar-refractivity contribution >= 4 is 29.0 Å². The van der Waals surface area contributed by atoms with Crippen LogP contribution < -0.4 is 0 Å². The van der Waals surface area contributed by atoms with Gasteiger partial charge in [0.05, 0.1) is 5.56 Å². The van der Waals surface area contributed by atoms with Crippen LogP contribution in [0.5, 0.6) is 0 Å². The Morgan fingerprint density at radius 3 is 2.91 bits per heavy atom. The molecule has 110 valence electrons. The summed E-state index contributed by atoms with van der Waals surface area (Å²) in [5, 5.41) is 1.20. The molecule has 1 amide bonds. The smallest absolute Gasteiger partial charge is 0.257 e. The quantitative estimate of drug-likeness (QED) is 0.677. The maximum absolute atomic E-state index is 12.7. The third kappa shape index (κ3) is 2.05. The molecule has 1 aromatic carbocycles. The molecule has 0 saturated carbocycles. The van der Waals surface area contributed by atoms with Gasteiger partial charge in [-0.2, -0.15) is 0 Å². The minimum Gasteiger partial charge on any atom is -0.358 e. The van der Waals surface area contributed by atoms with E-state index in [0.29, 0.717) is 23.3 Å². The van der Waals surface area contributed by atoms with Gasteiger partial charge in [0.1, 0.15) is 4.64 Å². The Morgan fingerprint density at radius 1 is 1.18 bits per heavy atom. The molecule has 3 aromatic rings. The van der Waals surface area contributed by atoms with Crippen molar-refractivity contribution in [1.29, 1.82) is 0 Å². The Hall–Kier alpha value is -2.40. The lowest BCUT2D eigenvalue weighted by atomic mass is 10.0. The maximum atomic E-state index is 12.7. The van der Waals surface area contributed by atoms with Gasteiger partial charge in [-0.15, -0.1) is 0 Å². The van der Waals surface area contributed by atoms with Gasteiger partial charge in [0.25, 0.3) is 5.91 Å². The number of carbonyl (C=O) groups excluding carboxylic acids is 1. The minimum absolute atomic E-state index is 0.00205. The molecule has 3 heterocycles. The number of carbonyl (C=O) groups is 1. The van der Waals surface area contributed by atoms with Gasteiger partial charge in [-0.25, -0.2) is 0 Å². The van der Waals surface area contributed by atoms with Crippen LogP contribution in [0, 0.1) is 4.64 Å². The molecule has 0 aliphatic carbocycles. The molecule has 2 N–H and O–H groups in total. The molecule has 1 aliphatic rings. The first kappa shape index (κ1) is 13.3. The van der Waals surface area contributed by atoms with Crippen molar-refractivity contribution in [3.8, 4) is 0 Å². The predicted octanol–water partition coefficient (Wildman–Crippen LogP) is 3.42. The zero-order chi connectivity index (χ0) is 15.1. The number of aromatic nitrogens is 2. The van der Waals surface area contributed by atoms with E-state index in [-0.39, 0.29) is 5.91 Å². The summed E-state index contributed by atoms with van der Waals surface area (Å²) in [7, 11) is 0. The number of amides is 1. The normalized spacial score (nSPS) is 14.1. The summed E-state index contributed by atoms with van der Waals surface area (Å²) in [6.07, 6.45) is 2.59. The zero-order valence-corrected chi connectivity index (χ0v) is 12.7. The Labute approximate surface area is 132 Å². The lowest BCUT2D eigenvalue weighted by Crippen LogP contribution is -2.36. The molecule has 22 heavy (non-hydrogen) atoms. The molecular weight excluding hydrogens is 294 g/mol. The fraction of sp³-hybridized carbons (Fsp3) is 0.176. The van der Waals surface area contributed by atoms with E-state index >= 15 is 0 Å². The Bertz CT molecular complexity index is 925. The summed E-state index contributed by atoms with van der Waals surface area (Å²) < 4.78 is 0.497. The van der Waals surface area contributed by atoms with Crippen LogP contribution >= 0.6 is 12.2 Å². The average molecular weight is 309 g/mol. The third-order valence-electron chi connectivity index (χ3n) is 4.22. The van der Waals surface area contributed by atoms with E-state index in [1.807, 2.05) is 23.1 Å². The van der Waals surface area contributed by atoms with E-state index in [2.05, 4.69) is 22.1 Å². The molecule has 0 spiro atoms. The molecule has 2 aromatic heterocycles. The fourth-order valence-electron chi connectivity index (χ4n) is 3.10. The van der Waals surface area contributed by atoms with Crippen LogP contribution in [0.4, 0.5) is 0 Å². The SMILES string of the molecule is O=C(c1ccc[nH]c1=S)N1CCc2[nH]c3ccccc3c2C1. The number of fused-ring (bicyclic) bond motifs is 3. The van der Waals surface area contributed by atoms with Crippen LogP contribution in [-0.2, 0) is 13.0 Å². The number of hydrogen-bond acceptors (Lipinski definition) is 2. The zero-order valence-electron chi connectivity index (χ0n) is 11.9. The molecule has 4 rings (SSSR count). The molecule has 0 saturated heterocycles. The fourth-order valence-corrected chi connectivity index (χ4v) is 3.32. The van der Waals surface area contributed by atoms with Gasteiger partial charge in [-0.1, -0.05) is 30.4 Å². The minimum atomic E-state index is -0.00205. The van der Waals surface area contributed by atoms with Crippen LogP contribution in [-0.4, -0.2) is 27.3 Å². The highest BCUT2D eigenvalue weighted by atomic mass is 32.1. The Morgan fingerprint density at radius 2 is 2.05 bits per heavy atom. The highest BCUT2D eigenvalue weighted by Crippen LogP contribution is 2.28. The van der Waals surface area contributed by atoms with Crippen molar-refractivity contribution < 1.29 is 4.79 Å². The first-order valence-electron chi connectivity index (χ1n) is 7.29. The van der Waals surface area contributed by atoms with Gasteiger partial charge < -0.3 is 14.9 Å². The average Bonchev–Trinajstić information content (AvgIpc) is 2.92. The van der Waals surface area contributed by atoms with Crippen molar-refractivity contribution in [2.45, 2.75) is 13.0 Å². The summed E-state index contributed by atoms with van der Waals surface area (Å²) in [6, 6.07) is 11.8. The maximum Gasteiger partial charge on any atom is 0.257 e. The number of benzene rings is 1. The first-order valence-corrected chi connectivity index (χ1v) is 7.70. The van der Waals surface area contributed by atoms with Crippen molar-refractivity contribution in [3.05, 3.63) is 64.1 Å². The number of hydrogen-bond donors (Lipinski definition) is 2. The summed E-state index contributed by atoms with van der Waals surface area (Å²) in [5.74, 6) is -0.00205. The first-order chi connectivity index (χ1) is 10.7. The van der Waals surface area contributed by atoms with E-state index in [0.717, 1.165) is 11.9 Å². The lowest BCUT2D eigenvalue weighted by Gasteiger charge is -2.27. The molecule has 1 aliphatic heterocycles. The van der Waals surface area contributed by atoms with E-state index in [1.165, 1.54) is 16.6 Å². The van der Waals surface area contributed by atoms with Gasteiger partial charge in [0.15, 0.2) is 0 Å². The van der Waals surface area contributed by atoms with E-state index in [9.17, 15) is 4.79 Å². The molecule has 5 heteroatoms. The van der Waals surface area contributed by atoms with Crippen molar-refractivity contribution in [3.63, 3.8) is 0 Å². The van der Waals surface area contributed by atoms with Crippen LogP contribution in [0.1, 0.15) is 21.6 Å². The largest absolute Gasteiger partial charge is 0.358 e. The van der Waals surface area contributed by atoms with E-state index in [4.69, 9.17) is 12.2 Å². The molecule has 0 fully saturated rings. The van der Waals surface area contributed by atoms with Crippen molar-refractivity contribution in [1.82, 2.24) is 14.9 Å². The van der Waals surface area contributed by atoms with Crippen LogP contribution in [0.25, 0.3) is 10.9 Å². The second kappa shape index (κ2) is 5.10. The Balaban J connectivity index is 1.71. The summed E-state index contributed by atoms with van der Waals surface area (Å²) in [4.78, 5) is 21.0. The van der Waals surface area contributed by atoms with E-state index in [1.54, 1.807) is 12.3 Å². The second-order valence-corrected chi connectivity index (χ2v) is 5.93. The van der Waals surface area contributed by atoms with Crippen molar-refractivity contribution in [2.75, 3.05) is 6.54 Å². The second-order valence-electron chi connectivity index (χ2n) is 5.52. The third-order valence-corrected chi connectivity index (χ3v) is 4.56. The van der Waals surface area contributed by atoms with Crippen LogP contribution in [0.15, 0.2) is 42.6 Å². The number of aromatic amines is 2. The molecule has 0 bridgehead atoms. The highest BCUT2D eigenvalue weighted by Gasteiger charge is 2.25. The molecule has 0 unspecified atom stereocenters. The standard InChI is InChI=1S/C17H15N3OS/c21-17(12-5-3-8-18-16(12)22)20-9-7-15-13(10-20)11-4-1-2-6-14(11)19-15/h1-6,8,19H,7,9-10H2,(H,18,22). The molecular formula is C17H15N3OS. The van der Waals surface area contributed by atoms with Gasteiger partial charge >= 0.3 is 0 Å². The number of rotatable bonds is 1. The summed E-state index contributed by atoms with van der Waals surface area (Å²) in [6.45, 7) is 1.34. The highest BCUT2D eigenvalue weighted by molar-refractivity contribution is 7.71. The number of H-pyrrole nitrogens is 2. The number of nitrogens with zero attached hydrogens (tertiary/aromatic N) is 1. The molecule has 4 nitrogen and oxygen atoms in total. The van der Waals surface area contributed by atoms with Crippen molar-refractivity contribution in [2.24, 2.45) is 0 Å². The van der Waals surface area contributed by atoms with E-state index < -0.39 is 0 Å². The van der Waals surface area contributed by atoms with Crippen LogP contribution in [0.2, 0.25) is 0 Å². The van der Waals surface area contributed by atoms with Gasteiger partial charge in [0.2, 0.25) is 0 Å². The number of pyridine rings is 1. The van der Waals surface area contributed by atoms with Crippen LogP contribution in [0.3, 0.4) is 0 Å². The lowest BCUT2D eigenvalue weighted by molar-refractivity contribution is 0.0734. The topological polar surface area (TPSA) is 51.9 Å². The molecule has 0 radical (unpaired) electrons. The van der Waals surface area contributed by atoms with Gasteiger partial charge in [-0.3, -0.25) is 4.79 Å². The Kier molecular flexibility index (Phi) is 3.08. The summed E-state index contributed by atoms with van der Waals surface area (Å²) in [5.41, 5.74) is 4.17. The number of para-hydroxylation sites is 1.